The molecule has 102 valence electrons. The maximum atomic E-state index is 11.8. The summed E-state index contributed by atoms with van der Waals surface area (Å²) in [4.78, 5) is 22.2. The van der Waals surface area contributed by atoms with Gasteiger partial charge in [-0.15, -0.1) is 0 Å². The monoisotopic (exact) mass is 263 g/mol. The number of carboxylic acid groups (broad SMARTS) is 1. The van der Waals surface area contributed by atoms with E-state index in [2.05, 4.69) is 5.32 Å². The average molecular weight is 263 g/mol. The number of aliphatic carboxylic acids is 1. The van der Waals surface area contributed by atoms with E-state index in [9.17, 15) is 9.59 Å². The summed E-state index contributed by atoms with van der Waals surface area (Å²) < 4.78 is 5.07. The Morgan fingerprint density at radius 1 is 1.26 bits per heavy atom. The Balaban J connectivity index is 2.72. The van der Waals surface area contributed by atoms with Crippen molar-refractivity contribution in [1.82, 2.24) is 0 Å². The van der Waals surface area contributed by atoms with Crippen LogP contribution in [0.1, 0.15) is 19.4 Å². The molecule has 2 N–H and O–H groups in total. The van der Waals surface area contributed by atoms with Gasteiger partial charge in [0.15, 0.2) is 0 Å². The van der Waals surface area contributed by atoms with Gasteiger partial charge in [-0.25, -0.2) is 4.79 Å². The van der Waals surface area contributed by atoms with Crippen molar-refractivity contribution in [1.29, 1.82) is 0 Å². The number of carboxylic acids is 1. The van der Waals surface area contributed by atoms with Crippen LogP contribution in [0.15, 0.2) is 30.3 Å². The summed E-state index contributed by atoms with van der Waals surface area (Å²) in [6.45, 7) is 3.35. The van der Waals surface area contributed by atoms with Gasteiger partial charge in [0.05, 0.1) is 0 Å². The third-order valence-corrected chi connectivity index (χ3v) is 2.64. The van der Waals surface area contributed by atoms with Gasteiger partial charge in [0.25, 0.3) is 5.91 Å². The highest BCUT2D eigenvalue weighted by Gasteiger charge is 2.26. The third kappa shape index (κ3) is 4.56. The molecule has 1 aromatic carbocycles. The minimum Gasteiger partial charge on any atom is -0.478 e. The van der Waals surface area contributed by atoms with Gasteiger partial charge in [0, 0.05) is 18.9 Å². The van der Waals surface area contributed by atoms with E-state index in [-0.39, 0.29) is 5.91 Å². The number of benzene rings is 1. The van der Waals surface area contributed by atoms with Crippen molar-refractivity contribution in [2.75, 3.05) is 12.4 Å². The molecule has 0 saturated carbocycles. The van der Waals surface area contributed by atoms with Crippen LogP contribution in [0.3, 0.4) is 0 Å². The molecule has 0 radical (unpaired) electrons. The van der Waals surface area contributed by atoms with Gasteiger partial charge in [0.2, 0.25) is 0 Å². The highest BCUT2D eigenvalue weighted by Crippen LogP contribution is 2.15. The molecule has 0 aliphatic rings. The van der Waals surface area contributed by atoms with Crippen LogP contribution in [0.5, 0.6) is 0 Å². The number of anilines is 1. The normalized spacial score (nSPS) is 11.5. The van der Waals surface area contributed by atoms with Crippen LogP contribution in [0.25, 0.3) is 6.08 Å². The number of amides is 1. The second kappa shape index (κ2) is 6.15. The van der Waals surface area contributed by atoms with Crippen LogP contribution < -0.4 is 5.32 Å². The number of rotatable bonds is 5. The molecule has 0 fully saturated rings. The molecular weight excluding hydrogens is 246 g/mol. The molecule has 0 atom stereocenters. The predicted octanol–water partition coefficient (Wildman–Crippen LogP) is 2.15. The Morgan fingerprint density at radius 3 is 2.32 bits per heavy atom. The zero-order valence-corrected chi connectivity index (χ0v) is 11.1. The van der Waals surface area contributed by atoms with E-state index >= 15 is 0 Å². The summed E-state index contributed by atoms with van der Waals surface area (Å²) in [6.07, 6.45) is 2.54. The fraction of sp³-hybridized carbons (Fsp3) is 0.286. The van der Waals surface area contributed by atoms with Gasteiger partial charge >= 0.3 is 5.97 Å². The number of nitrogens with one attached hydrogen (secondary N) is 1. The average Bonchev–Trinajstić information content (AvgIpc) is 2.37. The molecule has 0 unspecified atom stereocenters. The largest absolute Gasteiger partial charge is 0.478 e. The van der Waals surface area contributed by atoms with Crippen molar-refractivity contribution in [2.45, 2.75) is 19.4 Å². The van der Waals surface area contributed by atoms with Crippen molar-refractivity contribution in [2.24, 2.45) is 0 Å². The van der Waals surface area contributed by atoms with E-state index in [1.54, 1.807) is 38.1 Å². The summed E-state index contributed by atoms with van der Waals surface area (Å²) >= 11 is 0. The standard InChI is InChI=1S/C14H17NO4/c1-14(2,19-3)13(18)15-11-7-4-10(5-8-11)6-9-12(16)17/h4-9H,1-3H3,(H,15,18)(H,16,17)/b9-6+. The van der Waals surface area contributed by atoms with Crippen LogP contribution >= 0.6 is 0 Å². The summed E-state index contributed by atoms with van der Waals surface area (Å²) in [7, 11) is 1.47. The third-order valence-electron chi connectivity index (χ3n) is 2.64. The van der Waals surface area contributed by atoms with Crippen LogP contribution in [0.2, 0.25) is 0 Å². The highest BCUT2D eigenvalue weighted by molar-refractivity contribution is 5.96. The minimum absolute atomic E-state index is 0.246. The molecule has 0 heterocycles. The van der Waals surface area contributed by atoms with Gasteiger partial charge < -0.3 is 15.2 Å². The first-order valence-corrected chi connectivity index (χ1v) is 5.73. The molecule has 19 heavy (non-hydrogen) atoms. The van der Waals surface area contributed by atoms with Crippen LogP contribution in [0.4, 0.5) is 5.69 Å². The lowest BCUT2D eigenvalue weighted by Gasteiger charge is -2.21. The van der Waals surface area contributed by atoms with E-state index in [4.69, 9.17) is 9.84 Å². The second-order valence-corrected chi connectivity index (χ2v) is 4.46. The minimum atomic E-state index is -1.00. The van der Waals surface area contributed by atoms with E-state index in [0.29, 0.717) is 5.69 Å². The lowest BCUT2D eigenvalue weighted by Crippen LogP contribution is -2.38. The zero-order valence-electron chi connectivity index (χ0n) is 11.1. The fourth-order valence-corrected chi connectivity index (χ4v) is 1.22. The Hall–Kier alpha value is -2.14. The van der Waals surface area contributed by atoms with E-state index in [1.165, 1.54) is 13.2 Å². The Kier molecular flexibility index (Phi) is 4.83. The molecule has 0 aromatic heterocycles. The maximum Gasteiger partial charge on any atom is 0.328 e. The Labute approximate surface area is 111 Å². The smallest absolute Gasteiger partial charge is 0.328 e. The Morgan fingerprint density at radius 2 is 1.84 bits per heavy atom. The summed E-state index contributed by atoms with van der Waals surface area (Å²) in [5, 5.41) is 11.2. The molecule has 1 aromatic rings. The van der Waals surface area contributed by atoms with Crippen LogP contribution in [0, 0.1) is 0 Å². The van der Waals surface area contributed by atoms with E-state index in [0.717, 1.165) is 11.6 Å². The molecule has 1 rings (SSSR count). The number of carbonyl (C=O) groups is 2. The number of ether oxygens (including phenoxy) is 1. The van der Waals surface area contributed by atoms with Crippen molar-refractivity contribution >= 4 is 23.6 Å². The molecule has 0 aliphatic carbocycles. The first-order chi connectivity index (χ1) is 8.85. The first-order valence-electron chi connectivity index (χ1n) is 5.73. The SMILES string of the molecule is COC(C)(C)C(=O)Nc1ccc(/C=C/C(=O)O)cc1. The molecule has 0 saturated heterocycles. The molecule has 5 heteroatoms. The summed E-state index contributed by atoms with van der Waals surface area (Å²) in [5.74, 6) is -1.25. The predicted molar refractivity (Wildman–Crippen MR) is 72.8 cm³/mol. The van der Waals surface area contributed by atoms with Crippen LogP contribution in [-0.4, -0.2) is 29.7 Å². The van der Waals surface area contributed by atoms with Crippen molar-refractivity contribution < 1.29 is 19.4 Å². The lowest BCUT2D eigenvalue weighted by atomic mass is 10.1. The molecule has 1 amide bonds. The fourth-order valence-electron chi connectivity index (χ4n) is 1.22. The van der Waals surface area contributed by atoms with E-state index in [1.807, 2.05) is 0 Å². The maximum absolute atomic E-state index is 11.8. The second-order valence-electron chi connectivity index (χ2n) is 4.46. The first kappa shape index (κ1) is 14.9. The lowest BCUT2D eigenvalue weighted by molar-refractivity contribution is -0.133. The molecule has 0 spiro atoms. The topological polar surface area (TPSA) is 75.6 Å². The number of methoxy groups -OCH3 is 1. The number of carbonyl (C=O) groups excluding carboxylic acids is 1. The number of hydrogen-bond donors (Lipinski definition) is 2. The van der Waals surface area contributed by atoms with Gasteiger partial charge in [-0.3, -0.25) is 4.79 Å². The highest BCUT2D eigenvalue weighted by atomic mass is 16.5. The molecule has 0 aliphatic heterocycles. The molecule has 0 bridgehead atoms. The van der Waals surface area contributed by atoms with Gasteiger partial charge in [-0.05, 0) is 37.6 Å². The van der Waals surface area contributed by atoms with E-state index < -0.39 is 11.6 Å². The zero-order chi connectivity index (χ0) is 14.5. The molecule has 5 nitrogen and oxygen atoms in total. The summed E-state index contributed by atoms with van der Waals surface area (Å²) in [6, 6.07) is 6.83. The van der Waals surface area contributed by atoms with Crippen LogP contribution in [-0.2, 0) is 14.3 Å². The quantitative estimate of drug-likeness (QED) is 0.798. The summed E-state index contributed by atoms with van der Waals surface area (Å²) in [5.41, 5.74) is 0.469. The van der Waals surface area contributed by atoms with Gasteiger partial charge in [-0.2, -0.15) is 0 Å². The Bertz CT molecular complexity index is 489. The molecular formula is C14H17NO4. The van der Waals surface area contributed by atoms with Gasteiger partial charge in [0.1, 0.15) is 5.60 Å². The van der Waals surface area contributed by atoms with Crippen molar-refractivity contribution in [3.8, 4) is 0 Å². The van der Waals surface area contributed by atoms with Gasteiger partial charge in [-0.1, -0.05) is 12.1 Å². The van der Waals surface area contributed by atoms with Crippen molar-refractivity contribution in [3.63, 3.8) is 0 Å². The van der Waals surface area contributed by atoms with Crippen molar-refractivity contribution in [3.05, 3.63) is 35.9 Å². The number of hydrogen-bond acceptors (Lipinski definition) is 3.